The number of aromatic amines is 1. The largest absolute Gasteiger partial charge is 0.445 e. The molecule has 2 rings (SSSR count). The van der Waals surface area contributed by atoms with Crippen molar-refractivity contribution in [1.29, 1.82) is 0 Å². The normalized spacial score (nSPS) is 11.7. The summed E-state index contributed by atoms with van der Waals surface area (Å²) in [5.41, 5.74) is 6.63. The lowest BCUT2D eigenvalue weighted by Crippen LogP contribution is -2.34. The molecule has 0 radical (unpaired) electrons. The average molecular weight is 288 g/mol. The standard InChI is InChI=1S/C14H16N4O3/c15-8-12(11-6-7-13(19)18-17-11)16-14(20)21-9-10-4-2-1-3-5-10/h1-7,12H,8-9,15H2,(H,16,20)(H,18,19)/t12-/m0/s1. The second kappa shape index (κ2) is 7.20. The van der Waals surface area contributed by atoms with Crippen LogP contribution < -0.4 is 16.6 Å². The number of carbonyl (C=O) groups excluding carboxylic acids is 1. The maximum absolute atomic E-state index is 11.7. The van der Waals surface area contributed by atoms with Crippen molar-refractivity contribution in [1.82, 2.24) is 15.5 Å². The predicted molar refractivity (Wildman–Crippen MR) is 76.4 cm³/mol. The summed E-state index contributed by atoms with van der Waals surface area (Å²) in [7, 11) is 0. The van der Waals surface area contributed by atoms with E-state index in [2.05, 4.69) is 15.5 Å². The molecule has 0 saturated heterocycles. The van der Waals surface area contributed by atoms with Gasteiger partial charge in [-0.1, -0.05) is 30.3 Å². The number of aromatic nitrogens is 2. The number of nitrogens with one attached hydrogen (secondary N) is 2. The first-order valence-electron chi connectivity index (χ1n) is 6.42. The fraction of sp³-hybridized carbons (Fsp3) is 0.214. The van der Waals surface area contributed by atoms with Crippen molar-refractivity contribution < 1.29 is 9.53 Å². The van der Waals surface area contributed by atoms with Crippen molar-refractivity contribution in [3.63, 3.8) is 0 Å². The molecule has 1 aromatic carbocycles. The minimum Gasteiger partial charge on any atom is -0.445 e. The quantitative estimate of drug-likeness (QED) is 0.750. The van der Waals surface area contributed by atoms with Gasteiger partial charge in [-0.05, 0) is 11.6 Å². The molecule has 7 nitrogen and oxygen atoms in total. The Labute approximate surface area is 121 Å². The van der Waals surface area contributed by atoms with Crippen LogP contribution in [0.15, 0.2) is 47.3 Å². The van der Waals surface area contributed by atoms with Crippen LogP contribution in [0.25, 0.3) is 0 Å². The molecule has 21 heavy (non-hydrogen) atoms. The van der Waals surface area contributed by atoms with E-state index in [1.165, 1.54) is 12.1 Å². The topological polar surface area (TPSA) is 110 Å². The van der Waals surface area contributed by atoms with Crippen LogP contribution in [0.1, 0.15) is 17.3 Å². The maximum atomic E-state index is 11.7. The van der Waals surface area contributed by atoms with Gasteiger partial charge in [0.2, 0.25) is 0 Å². The van der Waals surface area contributed by atoms with E-state index in [4.69, 9.17) is 10.5 Å². The Balaban J connectivity index is 1.90. The Morgan fingerprint density at radius 1 is 1.29 bits per heavy atom. The van der Waals surface area contributed by atoms with E-state index in [1.807, 2.05) is 30.3 Å². The third kappa shape index (κ3) is 4.43. The van der Waals surface area contributed by atoms with Crippen LogP contribution in [0.4, 0.5) is 4.79 Å². The molecule has 1 amide bonds. The van der Waals surface area contributed by atoms with Crippen molar-refractivity contribution in [3.05, 3.63) is 64.1 Å². The van der Waals surface area contributed by atoms with Gasteiger partial charge in [0.1, 0.15) is 6.61 Å². The summed E-state index contributed by atoms with van der Waals surface area (Å²) in [6, 6.07) is 11.6. The summed E-state index contributed by atoms with van der Waals surface area (Å²) < 4.78 is 5.10. The van der Waals surface area contributed by atoms with E-state index >= 15 is 0 Å². The first kappa shape index (κ1) is 14.7. The summed E-state index contributed by atoms with van der Waals surface area (Å²) >= 11 is 0. The Bertz CT molecular complexity index is 622. The summed E-state index contributed by atoms with van der Waals surface area (Å²) in [4.78, 5) is 22.7. The smallest absolute Gasteiger partial charge is 0.408 e. The molecule has 2 aromatic rings. The number of nitrogens with zero attached hydrogens (tertiary/aromatic N) is 1. The highest BCUT2D eigenvalue weighted by molar-refractivity contribution is 5.67. The van der Waals surface area contributed by atoms with Gasteiger partial charge < -0.3 is 15.8 Å². The van der Waals surface area contributed by atoms with Crippen LogP contribution in [0.2, 0.25) is 0 Å². The molecule has 0 saturated carbocycles. The number of hydrogen-bond donors (Lipinski definition) is 3. The molecule has 7 heteroatoms. The second-order valence-electron chi connectivity index (χ2n) is 4.34. The molecule has 0 fully saturated rings. The molecule has 110 valence electrons. The number of H-pyrrole nitrogens is 1. The van der Waals surface area contributed by atoms with Gasteiger partial charge in [-0.3, -0.25) is 4.79 Å². The zero-order valence-electron chi connectivity index (χ0n) is 11.3. The van der Waals surface area contributed by atoms with Crippen molar-refractivity contribution in [2.45, 2.75) is 12.6 Å². The van der Waals surface area contributed by atoms with Gasteiger partial charge in [0.05, 0.1) is 11.7 Å². The molecule has 1 aromatic heterocycles. The van der Waals surface area contributed by atoms with E-state index in [9.17, 15) is 9.59 Å². The molecule has 1 atom stereocenters. The lowest BCUT2D eigenvalue weighted by molar-refractivity contribution is 0.135. The number of alkyl carbamates (subject to hydrolysis) is 1. The highest BCUT2D eigenvalue weighted by atomic mass is 16.5. The molecule has 0 spiro atoms. The fourth-order valence-electron chi connectivity index (χ4n) is 1.71. The molecular weight excluding hydrogens is 272 g/mol. The van der Waals surface area contributed by atoms with Gasteiger partial charge in [-0.25, -0.2) is 9.89 Å². The van der Waals surface area contributed by atoms with Crippen LogP contribution >= 0.6 is 0 Å². The number of hydrogen-bond acceptors (Lipinski definition) is 5. The predicted octanol–water partition coefficient (Wildman–Crippen LogP) is 0.696. The Morgan fingerprint density at radius 3 is 2.67 bits per heavy atom. The lowest BCUT2D eigenvalue weighted by Gasteiger charge is -2.15. The minimum absolute atomic E-state index is 0.138. The van der Waals surface area contributed by atoms with Crippen LogP contribution in [0.5, 0.6) is 0 Å². The molecule has 0 unspecified atom stereocenters. The maximum Gasteiger partial charge on any atom is 0.408 e. The number of benzene rings is 1. The third-order valence-electron chi connectivity index (χ3n) is 2.80. The molecule has 4 N–H and O–H groups in total. The van der Waals surface area contributed by atoms with Crippen molar-refractivity contribution in [3.8, 4) is 0 Å². The minimum atomic E-state index is -0.595. The monoisotopic (exact) mass is 288 g/mol. The van der Waals surface area contributed by atoms with Gasteiger partial charge >= 0.3 is 6.09 Å². The fourth-order valence-corrected chi connectivity index (χ4v) is 1.71. The van der Waals surface area contributed by atoms with E-state index in [0.29, 0.717) is 5.69 Å². The molecule has 0 bridgehead atoms. The van der Waals surface area contributed by atoms with Crippen LogP contribution in [0, 0.1) is 0 Å². The van der Waals surface area contributed by atoms with E-state index < -0.39 is 12.1 Å². The van der Waals surface area contributed by atoms with Crippen molar-refractivity contribution in [2.24, 2.45) is 5.73 Å². The summed E-state index contributed by atoms with van der Waals surface area (Å²) in [5, 5.41) is 8.73. The number of rotatable bonds is 5. The van der Waals surface area contributed by atoms with Gasteiger partial charge in [-0.15, -0.1) is 0 Å². The third-order valence-corrected chi connectivity index (χ3v) is 2.80. The van der Waals surface area contributed by atoms with Crippen LogP contribution in [-0.4, -0.2) is 22.8 Å². The van der Waals surface area contributed by atoms with Gasteiger partial charge in [-0.2, -0.15) is 5.10 Å². The van der Waals surface area contributed by atoms with Crippen molar-refractivity contribution >= 4 is 6.09 Å². The van der Waals surface area contributed by atoms with Gasteiger partial charge in [0, 0.05) is 12.6 Å². The number of nitrogens with two attached hydrogens (primary N) is 1. The summed E-state index contributed by atoms with van der Waals surface area (Å²) in [6.07, 6.45) is -0.595. The zero-order chi connectivity index (χ0) is 15.1. The second-order valence-corrected chi connectivity index (χ2v) is 4.34. The summed E-state index contributed by atoms with van der Waals surface area (Å²) in [6.45, 7) is 0.308. The number of ether oxygens (including phenoxy) is 1. The Hall–Kier alpha value is -2.67. The Kier molecular flexibility index (Phi) is 5.05. The Morgan fingerprint density at radius 2 is 2.05 bits per heavy atom. The molecular formula is C14H16N4O3. The SMILES string of the molecule is NC[C@H](NC(=O)OCc1ccccc1)c1ccc(=O)[nH]n1. The first-order chi connectivity index (χ1) is 10.2. The van der Waals surface area contributed by atoms with Gasteiger partial charge in [0.25, 0.3) is 5.56 Å². The van der Waals surface area contributed by atoms with E-state index in [-0.39, 0.29) is 18.7 Å². The highest BCUT2D eigenvalue weighted by Gasteiger charge is 2.15. The molecule has 0 aliphatic rings. The summed E-state index contributed by atoms with van der Waals surface area (Å²) in [5.74, 6) is 0. The van der Waals surface area contributed by atoms with Gasteiger partial charge in [0.15, 0.2) is 0 Å². The van der Waals surface area contributed by atoms with E-state index in [1.54, 1.807) is 0 Å². The number of carbonyl (C=O) groups is 1. The van der Waals surface area contributed by atoms with Crippen LogP contribution in [0.3, 0.4) is 0 Å². The van der Waals surface area contributed by atoms with Crippen LogP contribution in [-0.2, 0) is 11.3 Å². The van der Waals surface area contributed by atoms with Crippen molar-refractivity contribution in [2.75, 3.05) is 6.54 Å². The zero-order valence-corrected chi connectivity index (χ0v) is 11.3. The average Bonchev–Trinajstić information content (AvgIpc) is 2.52. The number of amides is 1. The highest BCUT2D eigenvalue weighted by Crippen LogP contribution is 2.07. The molecule has 1 heterocycles. The molecule has 0 aliphatic heterocycles. The lowest BCUT2D eigenvalue weighted by atomic mass is 10.2. The first-order valence-corrected chi connectivity index (χ1v) is 6.42. The van der Waals surface area contributed by atoms with E-state index in [0.717, 1.165) is 5.56 Å². The molecule has 0 aliphatic carbocycles.